The number of nitriles is 1. The highest BCUT2D eigenvalue weighted by molar-refractivity contribution is 5.94. The molecule has 0 saturated carbocycles. The minimum absolute atomic E-state index is 0.138. The molecule has 6 nitrogen and oxygen atoms in total. The Morgan fingerprint density at radius 1 is 1.55 bits per heavy atom. The molecule has 1 aromatic rings. The Kier molecular flexibility index (Phi) is 4.73. The molecule has 114 valence electrons. The van der Waals surface area contributed by atoms with Gasteiger partial charge in [-0.15, -0.1) is 0 Å². The van der Waals surface area contributed by atoms with Crippen LogP contribution in [0.1, 0.15) is 12.0 Å². The second-order valence-corrected chi connectivity index (χ2v) is 4.90. The van der Waals surface area contributed by atoms with Crippen molar-refractivity contribution in [2.75, 3.05) is 18.4 Å². The van der Waals surface area contributed by atoms with Crippen LogP contribution in [0.2, 0.25) is 0 Å². The lowest BCUT2D eigenvalue weighted by atomic mass is 10.1. The standard InChI is InChI=1S/C15H15FN4O2/c1-10(7-17)4-5-18-14(21)9-20-8-11-6-12(16)2-3-13(11)19-15(20)22/h2-3,6H,1,4-5,8-9H2,(H,18,21)(H,19,22). The van der Waals surface area contributed by atoms with E-state index in [1.54, 1.807) is 0 Å². The molecule has 3 amide bonds. The normalized spacial score (nSPS) is 12.9. The van der Waals surface area contributed by atoms with Crippen molar-refractivity contribution in [1.29, 1.82) is 5.26 Å². The summed E-state index contributed by atoms with van der Waals surface area (Å²) >= 11 is 0. The van der Waals surface area contributed by atoms with Crippen LogP contribution in [0.3, 0.4) is 0 Å². The molecule has 0 atom stereocenters. The van der Waals surface area contributed by atoms with Crippen molar-refractivity contribution in [2.24, 2.45) is 0 Å². The maximum absolute atomic E-state index is 13.2. The number of carbonyl (C=O) groups is 2. The Hall–Kier alpha value is -2.88. The minimum atomic E-state index is -0.407. The largest absolute Gasteiger partial charge is 0.354 e. The number of nitrogens with zero attached hydrogens (tertiary/aromatic N) is 2. The predicted molar refractivity (Wildman–Crippen MR) is 78.2 cm³/mol. The highest BCUT2D eigenvalue weighted by atomic mass is 19.1. The lowest BCUT2D eigenvalue weighted by Crippen LogP contribution is -2.44. The second-order valence-electron chi connectivity index (χ2n) is 4.90. The number of urea groups is 1. The Bertz CT molecular complexity index is 666. The summed E-state index contributed by atoms with van der Waals surface area (Å²) in [5, 5.41) is 13.8. The average molecular weight is 302 g/mol. The third-order valence-electron chi connectivity index (χ3n) is 3.20. The molecule has 0 saturated heterocycles. The van der Waals surface area contributed by atoms with Crippen LogP contribution in [0.25, 0.3) is 0 Å². The summed E-state index contributed by atoms with van der Waals surface area (Å²) in [5.41, 5.74) is 1.54. The number of carbonyl (C=O) groups excluding carboxylic acids is 2. The van der Waals surface area contributed by atoms with E-state index in [9.17, 15) is 14.0 Å². The Balaban J connectivity index is 1.90. The highest BCUT2D eigenvalue weighted by Gasteiger charge is 2.24. The molecule has 1 aliphatic heterocycles. The number of amides is 3. The fourth-order valence-electron chi connectivity index (χ4n) is 2.05. The van der Waals surface area contributed by atoms with Crippen LogP contribution >= 0.6 is 0 Å². The molecule has 2 N–H and O–H groups in total. The SMILES string of the molecule is C=C(C#N)CCNC(=O)CN1Cc2cc(F)ccc2NC1=O. The first kappa shape index (κ1) is 15.5. The number of halogens is 1. The Morgan fingerprint density at radius 3 is 3.05 bits per heavy atom. The average Bonchev–Trinajstić information content (AvgIpc) is 2.48. The van der Waals surface area contributed by atoms with Gasteiger partial charge in [-0.25, -0.2) is 9.18 Å². The fraction of sp³-hybridized carbons (Fsp3) is 0.267. The van der Waals surface area contributed by atoms with Crippen molar-refractivity contribution in [3.05, 3.63) is 41.7 Å². The van der Waals surface area contributed by atoms with Crippen LogP contribution in [0.15, 0.2) is 30.4 Å². The van der Waals surface area contributed by atoms with E-state index in [0.717, 1.165) is 0 Å². The van der Waals surface area contributed by atoms with Crippen LogP contribution in [-0.4, -0.2) is 29.9 Å². The maximum Gasteiger partial charge on any atom is 0.322 e. The van der Waals surface area contributed by atoms with Crippen molar-refractivity contribution >= 4 is 17.6 Å². The molecule has 7 heteroatoms. The van der Waals surface area contributed by atoms with Crippen LogP contribution in [-0.2, 0) is 11.3 Å². The monoisotopic (exact) mass is 302 g/mol. The molecular weight excluding hydrogens is 287 g/mol. The van der Waals surface area contributed by atoms with Crippen molar-refractivity contribution in [2.45, 2.75) is 13.0 Å². The van der Waals surface area contributed by atoms with Gasteiger partial charge < -0.3 is 15.5 Å². The molecule has 0 radical (unpaired) electrons. The number of nitrogens with one attached hydrogen (secondary N) is 2. The van der Waals surface area contributed by atoms with E-state index >= 15 is 0 Å². The first-order chi connectivity index (χ1) is 10.5. The van der Waals surface area contributed by atoms with E-state index in [-0.39, 0.29) is 25.5 Å². The van der Waals surface area contributed by atoms with Crippen molar-refractivity contribution in [1.82, 2.24) is 10.2 Å². The predicted octanol–water partition coefficient (Wildman–Crippen LogP) is 1.76. The van der Waals surface area contributed by atoms with E-state index in [1.807, 2.05) is 6.07 Å². The summed E-state index contributed by atoms with van der Waals surface area (Å²) in [7, 11) is 0. The Morgan fingerprint density at radius 2 is 2.32 bits per heavy atom. The molecule has 0 aliphatic carbocycles. The number of anilines is 1. The van der Waals surface area contributed by atoms with Gasteiger partial charge in [0, 0.05) is 17.8 Å². The lowest BCUT2D eigenvalue weighted by molar-refractivity contribution is -0.121. The van der Waals surface area contributed by atoms with E-state index in [2.05, 4.69) is 17.2 Å². The van der Waals surface area contributed by atoms with Crippen molar-refractivity contribution in [3.8, 4) is 6.07 Å². The summed E-state index contributed by atoms with van der Waals surface area (Å²) in [6.45, 7) is 3.82. The van der Waals surface area contributed by atoms with Gasteiger partial charge in [-0.1, -0.05) is 6.58 Å². The molecule has 1 heterocycles. The van der Waals surface area contributed by atoms with Gasteiger partial charge in [0.05, 0.1) is 12.6 Å². The van der Waals surface area contributed by atoms with Crippen LogP contribution in [0.5, 0.6) is 0 Å². The first-order valence-electron chi connectivity index (χ1n) is 6.68. The molecule has 0 fully saturated rings. The van der Waals surface area contributed by atoms with Crippen molar-refractivity contribution in [3.63, 3.8) is 0 Å². The van der Waals surface area contributed by atoms with Gasteiger partial charge in [0.15, 0.2) is 0 Å². The van der Waals surface area contributed by atoms with E-state index < -0.39 is 11.8 Å². The van der Waals surface area contributed by atoms with Crippen LogP contribution in [0.4, 0.5) is 14.9 Å². The highest BCUT2D eigenvalue weighted by Crippen LogP contribution is 2.23. The van der Waals surface area contributed by atoms with Gasteiger partial charge in [0.25, 0.3) is 0 Å². The zero-order chi connectivity index (χ0) is 16.1. The van der Waals surface area contributed by atoms with Gasteiger partial charge in [0.2, 0.25) is 5.91 Å². The molecular formula is C15H15FN4O2. The lowest BCUT2D eigenvalue weighted by Gasteiger charge is -2.28. The van der Waals surface area contributed by atoms with Gasteiger partial charge in [0.1, 0.15) is 12.4 Å². The third-order valence-corrected chi connectivity index (χ3v) is 3.20. The van der Waals surface area contributed by atoms with Crippen molar-refractivity contribution < 1.29 is 14.0 Å². The number of hydrogen-bond acceptors (Lipinski definition) is 3. The summed E-state index contributed by atoms with van der Waals surface area (Å²) in [6.07, 6.45) is 0.364. The van der Waals surface area contributed by atoms with Crippen LogP contribution in [0, 0.1) is 17.1 Å². The van der Waals surface area contributed by atoms with E-state index in [1.165, 1.54) is 23.1 Å². The zero-order valence-electron chi connectivity index (χ0n) is 11.9. The molecule has 1 aliphatic rings. The van der Waals surface area contributed by atoms with Gasteiger partial charge >= 0.3 is 6.03 Å². The second kappa shape index (κ2) is 6.72. The van der Waals surface area contributed by atoms with Gasteiger partial charge in [-0.3, -0.25) is 4.79 Å². The van der Waals surface area contributed by atoms with E-state index in [0.29, 0.717) is 23.2 Å². The number of benzene rings is 1. The summed E-state index contributed by atoms with van der Waals surface area (Å²) in [6, 6.07) is 5.57. The topological polar surface area (TPSA) is 85.2 Å². The third kappa shape index (κ3) is 3.82. The minimum Gasteiger partial charge on any atom is -0.354 e. The fourth-order valence-corrected chi connectivity index (χ4v) is 2.05. The molecule has 0 spiro atoms. The van der Waals surface area contributed by atoms with Gasteiger partial charge in [-0.05, 0) is 30.2 Å². The molecule has 0 unspecified atom stereocenters. The number of rotatable bonds is 5. The maximum atomic E-state index is 13.2. The number of hydrogen-bond donors (Lipinski definition) is 2. The molecule has 2 rings (SSSR count). The molecule has 0 aromatic heterocycles. The Labute approximate surface area is 127 Å². The molecule has 1 aromatic carbocycles. The summed E-state index contributed by atoms with van der Waals surface area (Å²) in [4.78, 5) is 25.0. The zero-order valence-corrected chi connectivity index (χ0v) is 11.9. The quantitative estimate of drug-likeness (QED) is 0.813. The van der Waals surface area contributed by atoms with Gasteiger partial charge in [-0.2, -0.15) is 5.26 Å². The van der Waals surface area contributed by atoms with Crippen LogP contribution < -0.4 is 10.6 Å². The van der Waals surface area contributed by atoms with E-state index in [4.69, 9.17) is 5.26 Å². The summed E-state index contributed by atoms with van der Waals surface area (Å²) < 4.78 is 13.2. The first-order valence-corrected chi connectivity index (χ1v) is 6.68. The molecule has 22 heavy (non-hydrogen) atoms. The molecule has 0 bridgehead atoms. The number of fused-ring (bicyclic) bond motifs is 1. The summed E-state index contributed by atoms with van der Waals surface area (Å²) in [5.74, 6) is -0.741. The smallest absolute Gasteiger partial charge is 0.322 e.